The molecule has 0 saturated heterocycles. The molecular formula is C51H94NO8P. The molecule has 9 nitrogen and oxygen atoms in total. The fraction of sp³-hybridized carbons (Fsp3) is 0.804. The second-order valence-electron chi connectivity index (χ2n) is 16.8. The van der Waals surface area contributed by atoms with Crippen molar-refractivity contribution in [1.29, 1.82) is 0 Å². The maximum Gasteiger partial charge on any atom is 0.472 e. The highest BCUT2D eigenvalue weighted by atomic mass is 31.2. The van der Waals surface area contributed by atoms with Gasteiger partial charge in [0.15, 0.2) is 0 Å². The summed E-state index contributed by atoms with van der Waals surface area (Å²) in [5.41, 5.74) is 0. The molecule has 0 fully saturated rings. The van der Waals surface area contributed by atoms with Gasteiger partial charge in [-0.1, -0.05) is 191 Å². The average molecular weight is 880 g/mol. The van der Waals surface area contributed by atoms with Gasteiger partial charge in [-0.15, -0.1) is 0 Å². The van der Waals surface area contributed by atoms with Gasteiger partial charge in [0.25, 0.3) is 0 Å². The minimum atomic E-state index is -4.42. The molecule has 0 aromatic heterocycles. The predicted octanol–water partition coefficient (Wildman–Crippen LogP) is 14.7. The number of hydrogen-bond acceptors (Lipinski definition) is 7. The number of aliphatic hydroxyl groups is 1. The van der Waals surface area contributed by atoms with Gasteiger partial charge in [0.2, 0.25) is 5.91 Å². The first-order chi connectivity index (χ1) is 29.8. The zero-order chi connectivity index (χ0) is 44.6. The minimum absolute atomic E-state index is 0.0783. The van der Waals surface area contributed by atoms with Crippen LogP contribution in [0.5, 0.6) is 0 Å². The van der Waals surface area contributed by atoms with Gasteiger partial charge in [-0.3, -0.25) is 18.6 Å². The van der Waals surface area contributed by atoms with Crippen molar-refractivity contribution >= 4 is 19.7 Å². The third-order valence-corrected chi connectivity index (χ3v) is 11.7. The molecule has 10 heteroatoms. The van der Waals surface area contributed by atoms with Crippen LogP contribution in [-0.4, -0.2) is 54.3 Å². The van der Waals surface area contributed by atoms with Crippen molar-refractivity contribution in [3.8, 4) is 0 Å². The molecule has 0 aromatic rings. The molecule has 0 rings (SSSR count). The van der Waals surface area contributed by atoms with E-state index in [0.29, 0.717) is 6.42 Å². The second kappa shape index (κ2) is 47.4. The van der Waals surface area contributed by atoms with E-state index < -0.39 is 26.5 Å². The maximum absolute atomic E-state index is 12.1. The molecule has 0 heterocycles. The summed E-state index contributed by atoms with van der Waals surface area (Å²) in [4.78, 5) is 34.0. The highest BCUT2D eigenvalue weighted by Gasteiger charge is 2.23. The highest BCUT2D eigenvalue weighted by molar-refractivity contribution is 7.47. The first-order valence-corrected chi connectivity index (χ1v) is 26.6. The molecule has 0 radical (unpaired) electrons. The standard InChI is InChI=1S/C51H94NO8P/c1-3-5-7-9-11-13-15-17-19-21-22-23-24-25-26-28-29-31-33-35-37-39-41-43-50(54)52-45-46-59-61(56,57)60-48-49(53)47-58-51(55)44-42-40-38-36-34-32-30-27-20-18-16-14-12-10-8-6-4-2/h11,13,17-20,22-23,49,53H,3-10,12,14-16,21,24-48H2,1-2H3,(H,52,54)(H,56,57)/b13-11-,19-17-,20-18-,23-22-. The van der Waals surface area contributed by atoms with Crippen LogP contribution < -0.4 is 5.32 Å². The Morgan fingerprint density at radius 3 is 1.38 bits per heavy atom. The van der Waals surface area contributed by atoms with Crippen molar-refractivity contribution in [2.75, 3.05) is 26.4 Å². The van der Waals surface area contributed by atoms with E-state index in [1.807, 2.05) is 0 Å². The van der Waals surface area contributed by atoms with E-state index in [2.05, 4.69) is 67.8 Å². The SMILES string of the molecule is CCCCC/C=C\C/C=C\C/C=C\CCCCCCCCCCCCC(=O)NCCOP(=O)(O)OCC(O)COC(=O)CCCCCCCCC/C=C\CCCCCCCC. The van der Waals surface area contributed by atoms with Crippen molar-refractivity contribution < 1.29 is 37.9 Å². The number of hydrogen-bond donors (Lipinski definition) is 3. The van der Waals surface area contributed by atoms with Crippen LogP contribution in [0.2, 0.25) is 0 Å². The minimum Gasteiger partial charge on any atom is -0.463 e. The summed E-state index contributed by atoms with van der Waals surface area (Å²) in [6.07, 6.45) is 56.1. The van der Waals surface area contributed by atoms with Crippen molar-refractivity contribution in [2.45, 2.75) is 238 Å². The number of unbranched alkanes of at least 4 members (excludes halogenated alkanes) is 26. The van der Waals surface area contributed by atoms with Gasteiger partial charge >= 0.3 is 13.8 Å². The van der Waals surface area contributed by atoms with Gasteiger partial charge in [0, 0.05) is 19.4 Å². The average Bonchev–Trinajstić information content (AvgIpc) is 3.25. The van der Waals surface area contributed by atoms with Crippen molar-refractivity contribution in [2.24, 2.45) is 0 Å². The molecule has 0 spiro atoms. The molecule has 0 aromatic carbocycles. The Hall–Kier alpha value is -2.03. The van der Waals surface area contributed by atoms with Crippen LogP contribution in [0.3, 0.4) is 0 Å². The third-order valence-electron chi connectivity index (χ3n) is 10.7. The molecule has 1 amide bonds. The molecule has 0 saturated carbocycles. The largest absolute Gasteiger partial charge is 0.472 e. The summed E-state index contributed by atoms with van der Waals surface area (Å²) in [7, 11) is -4.42. The Bertz CT molecular complexity index is 1140. The van der Waals surface area contributed by atoms with Crippen molar-refractivity contribution in [3.05, 3.63) is 48.6 Å². The van der Waals surface area contributed by atoms with Crippen molar-refractivity contribution in [3.63, 3.8) is 0 Å². The van der Waals surface area contributed by atoms with Crippen LogP contribution in [0.15, 0.2) is 48.6 Å². The number of rotatable bonds is 47. The molecule has 3 N–H and O–H groups in total. The molecule has 61 heavy (non-hydrogen) atoms. The Labute approximate surface area is 375 Å². The van der Waals surface area contributed by atoms with Crippen LogP contribution in [0.1, 0.15) is 232 Å². The van der Waals surface area contributed by atoms with Gasteiger partial charge in [0.1, 0.15) is 12.7 Å². The smallest absolute Gasteiger partial charge is 0.463 e. The number of phosphoric acid groups is 1. The monoisotopic (exact) mass is 880 g/mol. The number of esters is 1. The molecule has 0 bridgehead atoms. The molecular weight excluding hydrogens is 786 g/mol. The van der Waals surface area contributed by atoms with E-state index in [9.17, 15) is 24.2 Å². The Kier molecular flexibility index (Phi) is 45.9. The van der Waals surface area contributed by atoms with Gasteiger partial charge in [0.05, 0.1) is 13.2 Å². The molecule has 0 aliphatic heterocycles. The number of phosphoric ester groups is 1. The van der Waals surface area contributed by atoms with E-state index in [-0.39, 0.29) is 32.1 Å². The van der Waals surface area contributed by atoms with Gasteiger partial charge in [-0.05, 0) is 77.0 Å². The summed E-state index contributed by atoms with van der Waals surface area (Å²) in [5.74, 6) is -0.521. The van der Waals surface area contributed by atoms with Crippen LogP contribution in [0.25, 0.3) is 0 Å². The summed E-state index contributed by atoms with van der Waals surface area (Å²) in [5, 5.41) is 12.7. The highest BCUT2D eigenvalue weighted by Crippen LogP contribution is 2.42. The molecule has 0 aliphatic carbocycles. The maximum atomic E-state index is 12.1. The quantitative estimate of drug-likeness (QED) is 0.0238. The van der Waals surface area contributed by atoms with Crippen LogP contribution in [0.4, 0.5) is 0 Å². The number of carbonyl (C=O) groups is 2. The summed E-state index contributed by atoms with van der Waals surface area (Å²) in [6, 6.07) is 0. The lowest BCUT2D eigenvalue weighted by Crippen LogP contribution is -2.27. The first-order valence-electron chi connectivity index (χ1n) is 25.1. The van der Waals surface area contributed by atoms with E-state index in [0.717, 1.165) is 51.4 Å². The fourth-order valence-corrected chi connectivity index (χ4v) is 7.67. The lowest BCUT2D eigenvalue weighted by atomic mass is 10.0. The summed E-state index contributed by atoms with van der Waals surface area (Å²) >= 11 is 0. The number of ether oxygens (including phenoxy) is 1. The van der Waals surface area contributed by atoms with Gasteiger partial charge in [-0.2, -0.15) is 0 Å². The summed E-state index contributed by atoms with van der Waals surface area (Å²) < 4.78 is 27.0. The van der Waals surface area contributed by atoms with Gasteiger partial charge < -0.3 is 20.1 Å². The fourth-order valence-electron chi connectivity index (χ4n) is 6.91. The summed E-state index contributed by atoms with van der Waals surface area (Å²) in [6.45, 7) is 3.53. The molecule has 2 atom stereocenters. The Balaban J connectivity index is 3.57. The molecule has 356 valence electrons. The number of nitrogens with one attached hydrogen (secondary N) is 1. The van der Waals surface area contributed by atoms with E-state index in [4.69, 9.17) is 13.8 Å². The van der Waals surface area contributed by atoms with Crippen LogP contribution in [0, 0.1) is 0 Å². The van der Waals surface area contributed by atoms with Crippen molar-refractivity contribution in [1.82, 2.24) is 5.32 Å². The normalized spacial score (nSPS) is 13.6. The molecule has 2 unspecified atom stereocenters. The second-order valence-corrected chi connectivity index (χ2v) is 18.2. The van der Waals surface area contributed by atoms with E-state index in [1.165, 1.54) is 154 Å². The lowest BCUT2D eigenvalue weighted by Gasteiger charge is -2.15. The number of amides is 1. The predicted molar refractivity (Wildman–Crippen MR) is 257 cm³/mol. The number of allylic oxidation sites excluding steroid dienone is 8. The lowest BCUT2D eigenvalue weighted by molar-refractivity contribution is -0.147. The zero-order valence-electron chi connectivity index (χ0n) is 39.4. The van der Waals surface area contributed by atoms with E-state index in [1.54, 1.807) is 0 Å². The Morgan fingerprint density at radius 2 is 0.885 bits per heavy atom. The number of carbonyl (C=O) groups excluding carboxylic acids is 2. The van der Waals surface area contributed by atoms with E-state index >= 15 is 0 Å². The first kappa shape index (κ1) is 59.0. The zero-order valence-corrected chi connectivity index (χ0v) is 40.3. The number of aliphatic hydroxyl groups excluding tert-OH is 1. The van der Waals surface area contributed by atoms with Crippen LogP contribution >= 0.6 is 7.82 Å². The third kappa shape index (κ3) is 48.9. The Morgan fingerprint density at radius 1 is 0.508 bits per heavy atom. The topological polar surface area (TPSA) is 131 Å². The molecule has 0 aliphatic rings. The van der Waals surface area contributed by atoms with Crippen LogP contribution in [-0.2, 0) is 27.9 Å². The van der Waals surface area contributed by atoms with Gasteiger partial charge in [-0.25, -0.2) is 4.57 Å².